The first-order valence-electron chi connectivity index (χ1n) is 5.07. The molecular weight excluding hydrogens is 192 g/mol. The molecule has 0 aromatic heterocycles. The van der Waals surface area contributed by atoms with Crippen LogP contribution in [0.25, 0.3) is 0 Å². The summed E-state index contributed by atoms with van der Waals surface area (Å²) in [6.45, 7) is 4.15. The van der Waals surface area contributed by atoms with Crippen LogP contribution in [0.5, 0.6) is 5.75 Å². The second-order valence-corrected chi connectivity index (χ2v) is 3.57. The smallest absolute Gasteiger partial charge is 0.125 e. The zero-order valence-electron chi connectivity index (χ0n) is 9.43. The third kappa shape index (κ3) is 3.53. The molecule has 0 radical (unpaired) electrons. The molecule has 0 amide bonds. The third-order valence-electron chi connectivity index (χ3n) is 2.25. The van der Waals surface area contributed by atoms with Crippen LogP contribution in [-0.4, -0.2) is 24.9 Å². The van der Waals surface area contributed by atoms with Crippen LogP contribution >= 0.6 is 0 Å². The summed E-state index contributed by atoms with van der Waals surface area (Å²) in [6, 6.07) is 7.48. The molecule has 1 rings (SSSR count). The van der Waals surface area contributed by atoms with E-state index in [1.54, 1.807) is 14.0 Å². The van der Waals surface area contributed by atoms with E-state index in [4.69, 9.17) is 9.47 Å². The summed E-state index contributed by atoms with van der Waals surface area (Å²) in [5.41, 5.74) is 0.806. The first-order chi connectivity index (χ1) is 7.15. The maximum Gasteiger partial charge on any atom is 0.125 e. The average molecular weight is 210 g/mol. The summed E-state index contributed by atoms with van der Waals surface area (Å²) in [4.78, 5) is 0. The van der Waals surface area contributed by atoms with E-state index in [9.17, 15) is 5.11 Å². The number of aliphatic hydroxyl groups is 1. The van der Waals surface area contributed by atoms with E-state index >= 15 is 0 Å². The summed E-state index contributed by atoms with van der Waals surface area (Å²) in [6.07, 6.45) is -0.467. The first-order valence-corrected chi connectivity index (χ1v) is 5.07. The van der Waals surface area contributed by atoms with E-state index < -0.39 is 6.10 Å². The minimum absolute atomic E-state index is 0.0482. The first kappa shape index (κ1) is 12.0. The van der Waals surface area contributed by atoms with Crippen molar-refractivity contribution in [3.05, 3.63) is 29.8 Å². The van der Waals surface area contributed by atoms with Crippen molar-refractivity contribution in [1.29, 1.82) is 0 Å². The van der Waals surface area contributed by atoms with Gasteiger partial charge >= 0.3 is 0 Å². The molecule has 15 heavy (non-hydrogen) atoms. The highest BCUT2D eigenvalue weighted by atomic mass is 16.5. The summed E-state index contributed by atoms with van der Waals surface area (Å²) in [7, 11) is 1.65. The van der Waals surface area contributed by atoms with Crippen molar-refractivity contribution in [3.63, 3.8) is 0 Å². The molecule has 3 nitrogen and oxygen atoms in total. The topological polar surface area (TPSA) is 38.7 Å². The van der Waals surface area contributed by atoms with Gasteiger partial charge in [0.1, 0.15) is 12.4 Å². The van der Waals surface area contributed by atoms with Gasteiger partial charge in [-0.25, -0.2) is 0 Å². The van der Waals surface area contributed by atoms with Gasteiger partial charge in [0, 0.05) is 12.7 Å². The molecule has 1 unspecified atom stereocenters. The number of benzene rings is 1. The summed E-state index contributed by atoms with van der Waals surface area (Å²) < 4.78 is 10.7. The zero-order valence-corrected chi connectivity index (χ0v) is 9.43. The largest absolute Gasteiger partial charge is 0.491 e. The minimum Gasteiger partial charge on any atom is -0.491 e. The number of rotatable bonds is 5. The molecular formula is C12H18O3. The Kier molecular flexibility index (Phi) is 4.59. The van der Waals surface area contributed by atoms with Crippen LogP contribution in [-0.2, 0) is 4.74 Å². The molecule has 0 aliphatic heterocycles. The normalized spacial score (nSPS) is 14.7. The molecule has 0 saturated carbocycles. The quantitative estimate of drug-likeness (QED) is 0.809. The molecule has 0 fully saturated rings. The predicted octanol–water partition coefficient (Wildman–Crippen LogP) is 2.15. The highest BCUT2D eigenvalue weighted by molar-refractivity contribution is 5.34. The molecule has 3 heteroatoms. The Balaban J connectivity index is 2.67. The maximum atomic E-state index is 9.52. The van der Waals surface area contributed by atoms with Crippen molar-refractivity contribution >= 4 is 0 Å². The van der Waals surface area contributed by atoms with Crippen LogP contribution in [0.2, 0.25) is 0 Å². The van der Waals surface area contributed by atoms with Gasteiger partial charge in [-0.15, -0.1) is 0 Å². The number of hydrogen-bond acceptors (Lipinski definition) is 3. The van der Waals surface area contributed by atoms with Gasteiger partial charge in [0.25, 0.3) is 0 Å². The Bertz CT molecular complexity index is 297. The van der Waals surface area contributed by atoms with E-state index in [-0.39, 0.29) is 6.10 Å². The molecule has 1 N–H and O–H groups in total. The number of aliphatic hydroxyl groups excluding tert-OH is 1. The third-order valence-corrected chi connectivity index (χ3v) is 2.25. The van der Waals surface area contributed by atoms with Gasteiger partial charge in [-0.2, -0.15) is 0 Å². The number of methoxy groups -OCH3 is 1. The monoisotopic (exact) mass is 210 g/mol. The summed E-state index contributed by atoms with van der Waals surface area (Å²) >= 11 is 0. The van der Waals surface area contributed by atoms with Gasteiger partial charge in [0.05, 0.1) is 12.2 Å². The highest BCUT2D eigenvalue weighted by Crippen LogP contribution is 2.24. The van der Waals surface area contributed by atoms with Crippen LogP contribution in [0.3, 0.4) is 0 Å². The van der Waals surface area contributed by atoms with E-state index in [2.05, 4.69) is 0 Å². The van der Waals surface area contributed by atoms with Gasteiger partial charge in [0.2, 0.25) is 0 Å². The Morgan fingerprint density at radius 3 is 2.53 bits per heavy atom. The summed E-state index contributed by atoms with van der Waals surface area (Å²) in [5.74, 6) is 0.719. The lowest BCUT2D eigenvalue weighted by Gasteiger charge is -2.15. The summed E-state index contributed by atoms with van der Waals surface area (Å²) in [5, 5.41) is 9.52. The van der Waals surface area contributed by atoms with Crippen LogP contribution in [0.15, 0.2) is 24.3 Å². The van der Waals surface area contributed by atoms with Crippen molar-refractivity contribution in [2.75, 3.05) is 13.7 Å². The fraction of sp³-hybridized carbons (Fsp3) is 0.500. The van der Waals surface area contributed by atoms with Gasteiger partial charge < -0.3 is 14.6 Å². The van der Waals surface area contributed by atoms with Crippen LogP contribution in [0.4, 0.5) is 0 Å². The molecule has 1 aromatic rings. The maximum absolute atomic E-state index is 9.52. The Morgan fingerprint density at radius 1 is 1.27 bits per heavy atom. The van der Waals surface area contributed by atoms with Crippen LogP contribution in [0.1, 0.15) is 25.5 Å². The molecule has 0 heterocycles. The van der Waals surface area contributed by atoms with Gasteiger partial charge in [-0.3, -0.25) is 0 Å². The number of para-hydroxylation sites is 1. The minimum atomic E-state index is -0.515. The molecule has 0 bridgehead atoms. The van der Waals surface area contributed by atoms with E-state index in [0.717, 1.165) is 11.3 Å². The molecule has 84 valence electrons. The van der Waals surface area contributed by atoms with Crippen molar-refractivity contribution < 1.29 is 14.6 Å². The van der Waals surface area contributed by atoms with Gasteiger partial charge in [0.15, 0.2) is 0 Å². The lowest BCUT2D eigenvalue weighted by molar-refractivity contribution is 0.0700. The van der Waals surface area contributed by atoms with Gasteiger partial charge in [-0.1, -0.05) is 18.2 Å². The van der Waals surface area contributed by atoms with Crippen molar-refractivity contribution in [3.8, 4) is 5.75 Å². The highest BCUT2D eigenvalue weighted by Gasteiger charge is 2.09. The molecule has 2 atom stereocenters. The molecule has 0 spiro atoms. The van der Waals surface area contributed by atoms with Gasteiger partial charge in [-0.05, 0) is 19.9 Å². The molecule has 1 aromatic carbocycles. The number of hydrogen-bond donors (Lipinski definition) is 1. The predicted molar refractivity (Wildman–Crippen MR) is 59.0 cm³/mol. The van der Waals surface area contributed by atoms with Crippen molar-refractivity contribution in [2.45, 2.75) is 26.1 Å². The lowest BCUT2D eigenvalue weighted by Crippen LogP contribution is -2.16. The average Bonchev–Trinajstić information content (AvgIpc) is 2.26. The Hall–Kier alpha value is -1.06. The zero-order chi connectivity index (χ0) is 11.3. The van der Waals surface area contributed by atoms with E-state index in [1.807, 2.05) is 31.2 Å². The second-order valence-electron chi connectivity index (χ2n) is 3.57. The lowest BCUT2D eigenvalue weighted by atomic mass is 10.1. The second kappa shape index (κ2) is 5.73. The van der Waals surface area contributed by atoms with E-state index in [1.165, 1.54) is 0 Å². The Labute approximate surface area is 90.6 Å². The molecule has 0 saturated heterocycles. The van der Waals surface area contributed by atoms with Crippen molar-refractivity contribution in [1.82, 2.24) is 0 Å². The van der Waals surface area contributed by atoms with Crippen LogP contribution in [0, 0.1) is 0 Å². The number of ether oxygens (including phenoxy) is 2. The molecule has 0 aliphatic rings. The van der Waals surface area contributed by atoms with Crippen molar-refractivity contribution in [2.24, 2.45) is 0 Å². The molecule has 0 aliphatic carbocycles. The van der Waals surface area contributed by atoms with E-state index in [0.29, 0.717) is 6.61 Å². The standard InChI is InChI=1S/C12H18O3/c1-9(14-3)8-15-12-7-5-4-6-11(12)10(2)13/h4-7,9-10,13H,8H2,1-3H3/t9?,10-/m0/s1. The fourth-order valence-electron chi connectivity index (χ4n) is 1.23. The fourth-order valence-corrected chi connectivity index (χ4v) is 1.23. The Morgan fingerprint density at radius 2 is 1.93 bits per heavy atom. The SMILES string of the molecule is COC(C)COc1ccccc1[C@H](C)O. The van der Waals surface area contributed by atoms with Crippen LogP contribution < -0.4 is 4.74 Å².